The molecule has 22 heavy (non-hydrogen) atoms. The first kappa shape index (κ1) is 16.6. The predicted molar refractivity (Wildman–Crippen MR) is 88.2 cm³/mol. The SMILES string of the molecule is C[C@H](NC[C@@H](Cc1ccccc1)N(C)C)c1cncc(F)c1. The lowest BCUT2D eigenvalue weighted by molar-refractivity contribution is 0.275. The molecule has 4 heteroatoms. The number of likely N-dealkylation sites (N-methyl/N-ethyl adjacent to an activating group) is 1. The number of nitrogens with one attached hydrogen (secondary N) is 1. The molecule has 0 fully saturated rings. The molecule has 1 aromatic carbocycles. The predicted octanol–water partition coefficient (Wildman–Crippen LogP) is 3.04. The van der Waals surface area contributed by atoms with Gasteiger partial charge in [0, 0.05) is 24.8 Å². The quantitative estimate of drug-likeness (QED) is 0.852. The largest absolute Gasteiger partial charge is 0.309 e. The van der Waals surface area contributed by atoms with E-state index in [0.29, 0.717) is 6.04 Å². The van der Waals surface area contributed by atoms with E-state index in [2.05, 4.69) is 53.6 Å². The highest BCUT2D eigenvalue weighted by atomic mass is 19.1. The lowest BCUT2D eigenvalue weighted by atomic mass is 10.0. The molecule has 2 rings (SSSR count). The zero-order valence-electron chi connectivity index (χ0n) is 13.5. The molecular formula is C18H24FN3. The van der Waals surface area contributed by atoms with Crippen LogP contribution in [0.15, 0.2) is 48.8 Å². The van der Waals surface area contributed by atoms with E-state index in [1.807, 2.05) is 13.0 Å². The highest BCUT2D eigenvalue weighted by Gasteiger charge is 2.14. The van der Waals surface area contributed by atoms with E-state index < -0.39 is 0 Å². The molecule has 0 unspecified atom stereocenters. The minimum Gasteiger partial charge on any atom is -0.309 e. The molecule has 2 atom stereocenters. The highest BCUT2D eigenvalue weighted by molar-refractivity contribution is 5.17. The van der Waals surface area contributed by atoms with Crippen molar-refractivity contribution in [1.29, 1.82) is 0 Å². The van der Waals surface area contributed by atoms with Crippen molar-refractivity contribution in [3.8, 4) is 0 Å². The average Bonchev–Trinajstić information content (AvgIpc) is 2.51. The minimum absolute atomic E-state index is 0.0708. The van der Waals surface area contributed by atoms with E-state index >= 15 is 0 Å². The molecule has 1 aromatic heterocycles. The molecule has 0 aliphatic heterocycles. The van der Waals surface area contributed by atoms with Crippen LogP contribution >= 0.6 is 0 Å². The molecule has 0 spiro atoms. The molecule has 0 bridgehead atoms. The van der Waals surface area contributed by atoms with Crippen LogP contribution in [0, 0.1) is 5.82 Å². The zero-order chi connectivity index (χ0) is 15.9. The van der Waals surface area contributed by atoms with Crippen molar-refractivity contribution in [2.45, 2.75) is 25.4 Å². The molecule has 118 valence electrons. The minimum atomic E-state index is -0.292. The van der Waals surface area contributed by atoms with E-state index in [1.54, 1.807) is 6.20 Å². The molecule has 0 saturated heterocycles. The third kappa shape index (κ3) is 4.90. The Kier molecular flexibility index (Phi) is 6.04. The highest BCUT2D eigenvalue weighted by Crippen LogP contribution is 2.13. The maximum Gasteiger partial charge on any atom is 0.141 e. The molecule has 0 amide bonds. The van der Waals surface area contributed by atoms with Gasteiger partial charge in [-0.3, -0.25) is 4.98 Å². The fraction of sp³-hybridized carbons (Fsp3) is 0.389. The Balaban J connectivity index is 1.94. The number of hydrogen-bond acceptors (Lipinski definition) is 3. The molecule has 0 aliphatic rings. The van der Waals surface area contributed by atoms with Crippen LogP contribution in [0.25, 0.3) is 0 Å². The fourth-order valence-electron chi connectivity index (χ4n) is 2.42. The van der Waals surface area contributed by atoms with Gasteiger partial charge in [0.2, 0.25) is 0 Å². The summed E-state index contributed by atoms with van der Waals surface area (Å²) in [7, 11) is 4.17. The van der Waals surface area contributed by atoms with Crippen molar-refractivity contribution < 1.29 is 4.39 Å². The molecule has 0 aliphatic carbocycles. The first-order valence-electron chi connectivity index (χ1n) is 7.60. The van der Waals surface area contributed by atoms with E-state index in [9.17, 15) is 4.39 Å². The monoisotopic (exact) mass is 301 g/mol. The number of rotatable bonds is 7. The summed E-state index contributed by atoms with van der Waals surface area (Å²) < 4.78 is 13.2. The molecule has 2 aromatic rings. The van der Waals surface area contributed by atoms with Crippen LogP contribution in [0.4, 0.5) is 4.39 Å². The Morgan fingerprint density at radius 2 is 1.91 bits per heavy atom. The van der Waals surface area contributed by atoms with Crippen LogP contribution < -0.4 is 5.32 Å². The van der Waals surface area contributed by atoms with Crippen LogP contribution in [-0.2, 0) is 6.42 Å². The maximum absolute atomic E-state index is 13.2. The summed E-state index contributed by atoms with van der Waals surface area (Å²) in [6, 6.07) is 12.4. The second-order valence-electron chi connectivity index (χ2n) is 5.87. The topological polar surface area (TPSA) is 28.2 Å². The smallest absolute Gasteiger partial charge is 0.141 e. The molecule has 3 nitrogen and oxygen atoms in total. The molecule has 1 N–H and O–H groups in total. The van der Waals surface area contributed by atoms with Gasteiger partial charge in [-0.05, 0) is 44.6 Å². The van der Waals surface area contributed by atoms with Crippen LogP contribution in [0.1, 0.15) is 24.1 Å². The van der Waals surface area contributed by atoms with Gasteiger partial charge in [0.05, 0.1) is 6.20 Å². The van der Waals surface area contributed by atoms with Crippen molar-refractivity contribution in [2.24, 2.45) is 0 Å². The van der Waals surface area contributed by atoms with Crippen molar-refractivity contribution in [2.75, 3.05) is 20.6 Å². The van der Waals surface area contributed by atoms with Gasteiger partial charge in [0.25, 0.3) is 0 Å². The van der Waals surface area contributed by atoms with E-state index in [1.165, 1.54) is 17.8 Å². The Morgan fingerprint density at radius 3 is 2.55 bits per heavy atom. The molecule has 0 radical (unpaired) electrons. The third-order valence-electron chi connectivity index (χ3n) is 3.93. The van der Waals surface area contributed by atoms with Crippen LogP contribution in [0.3, 0.4) is 0 Å². The third-order valence-corrected chi connectivity index (χ3v) is 3.93. The van der Waals surface area contributed by atoms with Gasteiger partial charge >= 0.3 is 0 Å². The second kappa shape index (κ2) is 8.01. The van der Waals surface area contributed by atoms with E-state index in [4.69, 9.17) is 0 Å². The average molecular weight is 301 g/mol. The molecular weight excluding hydrogens is 277 g/mol. The first-order chi connectivity index (χ1) is 10.6. The number of aromatic nitrogens is 1. The van der Waals surface area contributed by atoms with Gasteiger partial charge in [0.15, 0.2) is 0 Å². The summed E-state index contributed by atoms with van der Waals surface area (Å²) in [4.78, 5) is 6.13. The van der Waals surface area contributed by atoms with E-state index in [-0.39, 0.29) is 11.9 Å². The fourth-order valence-corrected chi connectivity index (χ4v) is 2.42. The van der Waals surface area contributed by atoms with Crippen LogP contribution in [0.2, 0.25) is 0 Å². The lowest BCUT2D eigenvalue weighted by Gasteiger charge is -2.26. The molecule has 1 heterocycles. The summed E-state index contributed by atoms with van der Waals surface area (Å²) in [5, 5.41) is 3.48. The summed E-state index contributed by atoms with van der Waals surface area (Å²) in [6.45, 7) is 2.87. The summed E-state index contributed by atoms with van der Waals surface area (Å²) in [5.74, 6) is -0.292. The Labute approximate surface area is 132 Å². The number of benzene rings is 1. The summed E-state index contributed by atoms with van der Waals surface area (Å²) in [5.41, 5.74) is 2.19. The summed E-state index contributed by atoms with van der Waals surface area (Å²) in [6.07, 6.45) is 3.92. The van der Waals surface area contributed by atoms with Gasteiger partial charge in [-0.15, -0.1) is 0 Å². The van der Waals surface area contributed by atoms with Gasteiger partial charge in [-0.25, -0.2) is 4.39 Å². The van der Waals surface area contributed by atoms with Crippen molar-refractivity contribution in [1.82, 2.24) is 15.2 Å². The number of nitrogens with zero attached hydrogens (tertiary/aromatic N) is 2. The lowest BCUT2D eigenvalue weighted by Crippen LogP contribution is -2.40. The van der Waals surface area contributed by atoms with Gasteiger partial charge in [0.1, 0.15) is 5.82 Å². The Bertz CT molecular complexity index is 572. The maximum atomic E-state index is 13.2. The van der Waals surface area contributed by atoms with E-state index in [0.717, 1.165) is 18.5 Å². The second-order valence-corrected chi connectivity index (χ2v) is 5.87. The van der Waals surface area contributed by atoms with Crippen molar-refractivity contribution >= 4 is 0 Å². The zero-order valence-corrected chi connectivity index (χ0v) is 13.5. The standard InChI is InChI=1S/C18H24FN3/c1-14(16-10-17(19)12-20-11-16)21-13-18(22(2)3)9-15-7-5-4-6-8-15/h4-8,10-12,14,18,21H,9,13H2,1-3H3/t14-,18+/m0/s1. The first-order valence-corrected chi connectivity index (χ1v) is 7.60. The van der Waals surface area contributed by atoms with Crippen molar-refractivity contribution in [3.63, 3.8) is 0 Å². The Hall–Kier alpha value is -1.78. The van der Waals surface area contributed by atoms with Gasteiger partial charge in [-0.1, -0.05) is 30.3 Å². The molecule has 0 saturated carbocycles. The summed E-state index contributed by atoms with van der Waals surface area (Å²) >= 11 is 0. The Morgan fingerprint density at radius 1 is 1.18 bits per heavy atom. The normalized spacial score (nSPS) is 14.0. The van der Waals surface area contributed by atoms with Crippen LogP contribution in [-0.4, -0.2) is 36.6 Å². The van der Waals surface area contributed by atoms with Crippen LogP contribution in [0.5, 0.6) is 0 Å². The number of hydrogen-bond donors (Lipinski definition) is 1. The number of halogens is 1. The van der Waals surface area contributed by atoms with Gasteiger partial charge < -0.3 is 10.2 Å². The van der Waals surface area contributed by atoms with Crippen molar-refractivity contribution in [3.05, 3.63) is 65.7 Å². The van der Waals surface area contributed by atoms with Gasteiger partial charge in [-0.2, -0.15) is 0 Å². The number of pyridine rings is 1.